The van der Waals surface area contributed by atoms with Crippen LogP contribution in [0.4, 0.5) is 5.82 Å². The Bertz CT molecular complexity index is 791. The summed E-state index contributed by atoms with van der Waals surface area (Å²) in [5.41, 5.74) is 5.78. The predicted molar refractivity (Wildman–Crippen MR) is 92.0 cm³/mol. The molecule has 0 aliphatic carbocycles. The number of rotatable bonds is 5. The first-order valence-corrected chi connectivity index (χ1v) is 7.91. The number of anilines is 1. The summed E-state index contributed by atoms with van der Waals surface area (Å²) >= 11 is 0. The SMILES string of the molecule is CCc1nonc1NC(=O)/C(O)=C(\C)Cc1cc(C)c(C)cc1C. The van der Waals surface area contributed by atoms with Gasteiger partial charge in [-0.2, -0.15) is 0 Å². The first kappa shape index (κ1) is 17.7. The maximum Gasteiger partial charge on any atom is 0.291 e. The van der Waals surface area contributed by atoms with Crippen molar-refractivity contribution in [2.45, 2.75) is 47.5 Å². The maximum atomic E-state index is 12.2. The van der Waals surface area contributed by atoms with E-state index in [1.54, 1.807) is 6.92 Å². The molecule has 1 aromatic carbocycles. The molecule has 0 saturated heterocycles. The molecule has 1 heterocycles. The minimum Gasteiger partial charge on any atom is -0.503 e. The molecule has 2 N–H and O–H groups in total. The summed E-state index contributed by atoms with van der Waals surface area (Å²) in [6, 6.07) is 4.21. The largest absolute Gasteiger partial charge is 0.503 e. The smallest absolute Gasteiger partial charge is 0.291 e. The molecule has 0 saturated carbocycles. The quantitative estimate of drug-likeness (QED) is 0.646. The van der Waals surface area contributed by atoms with Crippen LogP contribution in [0.1, 0.15) is 41.8 Å². The average Bonchev–Trinajstić information content (AvgIpc) is 2.98. The van der Waals surface area contributed by atoms with E-state index >= 15 is 0 Å². The molecular formula is C18H23N3O3. The lowest BCUT2D eigenvalue weighted by Crippen LogP contribution is -2.17. The normalized spacial score (nSPS) is 12.0. The van der Waals surface area contributed by atoms with Crippen LogP contribution in [-0.4, -0.2) is 21.3 Å². The second-order valence-corrected chi connectivity index (χ2v) is 6.04. The highest BCUT2D eigenvalue weighted by Gasteiger charge is 2.17. The van der Waals surface area contributed by atoms with Crippen LogP contribution in [0, 0.1) is 20.8 Å². The number of nitrogens with zero attached hydrogens (tertiary/aromatic N) is 2. The average molecular weight is 329 g/mol. The van der Waals surface area contributed by atoms with E-state index in [0.717, 1.165) is 11.1 Å². The Morgan fingerprint density at radius 3 is 2.50 bits per heavy atom. The molecule has 0 radical (unpaired) electrons. The van der Waals surface area contributed by atoms with E-state index < -0.39 is 5.91 Å². The van der Waals surface area contributed by atoms with Gasteiger partial charge in [0.2, 0.25) is 5.82 Å². The molecule has 0 unspecified atom stereocenters. The van der Waals surface area contributed by atoms with Gasteiger partial charge >= 0.3 is 0 Å². The number of nitrogens with one attached hydrogen (secondary N) is 1. The van der Waals surface area contributed by atoms with Crippen LogP contribution in [0.25, 0.3) is 0 Å². The highest BCUT2D eigenvalue weighted by atomic mass is 16.6. The van der Waals surface area contributed by atoms with E-state index in [1.165, 1.54) is 11.1 Å². The van der Waals surface area contributed by atoms with Crippen LogP contribution in [0.2, 0.25) is 0 Å². The molecule has 128 valence electrons. The van der Waals surface area contributed by atoms with Gasteiger partial charge in [0.15, 0.2) is 5.76 Å². The first-order chi connectivity index (χ1) is 11.3. The third-order valence-corrected chi connectivity index (χ3v) is 4.15. The Hall–Kier alpha value is -2.63. The van der Waals surface area contributed by atoms with E-state index in [1.807, 2.05) is 20.8 Å². The lowest BCUT2D eigenvalue weighted by atomic mass is 9.96. The number of aryl methyl sites for hydroxylation is 4. The monoisotopic (exact) mass is 329 g/mol. The molecule has 1 aromatic heterocycles. The van der Waals surface area contributed by atoms with Gasteiger partial charge in [-0.25, -0.2) is 4.63 Å². The van der Waals surface area contributed by atoms with Gasteiger partial charge in [0.1, 0.15) is 5.69 Å². The highest BCUT2D eigenvalue weighted by Crippen LogP contribution is 2.20. The topological polar surface area (TPSA) is 88.3 Å². The molecule has 0 atom stereocenters. The standard InChI is InChI=1S/C18H23N3O3/c1-6-15-17(21-24-20-15)19-18(23)16(22)13(5)9-14-8-11(3)10(2)7-12(14)4/h7-8,22H,6,9H2,1-5H3,(H,19,21,23)/b16-13-. The second-order valence-electron chi connectivity index (χ2n) is 6.04. The lowest BCUT2D eigenvalue weighted by molar-refractivity contribution is -0.115. The van der Waals surface area contributed by atoms with Gasteiger partial charge in [-0.1, -0.05) is 24.2 Å². The van der Waals surface area contributed by atoms with Crippen molar-refractivity contribution in [1.29, 1.82) is 0 Å². The molecule has 0 spiro atoms. The number of aliphatic hydroxyl groups is 1. The number of benzene rings is 1. The summed E-state index contributed by atoms with van der Waals surface area (Å²) in [6.07, 6.45) is 1.08. The molecule has 6 nitrogen and oxygen atoms in total. The van der Waals surface area contributed by atoms with Crippen LogP contribution in [-0.2, 0) is 17.6 Å². The van der Waals surface area contributed by atoms with E-state index in [4.69, 9.17) is 0 Å². The fourth-order valence-electron chi connectivity index (χ4n) is 2.47. The van der Waals surface area contributed by atoms with Crippen molar-refractivity contribution in [3.05, 3.63) is 51.4 Å². The third-order valence-electron chi connectivity index (χ3n) is 4.15. The molecule has 24 heavy (non-hydrogen) atoms. The van der Waals surface area contributed by atoms with E-state index in [-0.39, 0.29) is 11.6 Å². The molecule has 0 aliphatic rings. The number of aliphatic hydroxyl groups excluding tert-OH is 1. The number of hydrogen-bond donors (Lipinski definition) is 2. The number of hydrogen-bond acceptors (Lipinski definition) is 5. The maximum absolute atomic E-state index is 12.2. The number of allylic oxidation sites excluding steroid dienone is 1. The van der Waals surface area contributed by atoms with Crippen LogP contribution < -0.4 is 5.32 Å². The minimum atomic E-state index is -0.612. The molecule has 0 bridgehead atoms. The van der Waals surface area contributed by atoms with Crippen molar-refractivity contribution in [2.75, 3.05) is 5.32 Å². The van der Waals surface area contributed by atoms with Crippen molar-refractivity contribution >= 4 is 11.7 Å². The molecule has 2 rings (SSSR count). The number of aromatic nitrogens is 2. The lowest BCUT2D eigenvalue weighted by Gasteiger charge is -2.11. The van der Waals surface area contributed by atoms with Crippen molar-refractivity contribution in [3.8, 4) is 0 Å². The fourth-order valence-corrected chi connectivity index (χ4v) is 2.47. The number of amides is 1. The Morgan fingerprint density at radius 2 is 1.83 bits per heavy atom. The summed E-state index contributed by atoms with van der Waals surface area (Å²) < 4.78 is 4.60. The van der Waals surface area contributed by atoms with Crippen LogP contribution >= 0.6 is 0 Å². The summed E-state index contributed by atoms with van der Waals surface area (Å²) in [5.74, 6) is -0.679. The van der Waals surface area contributed by atoms with Crippen molar-refractivity contribution < 1.29 is 14.5 Å². The fraction of sp³-hybridized carbons (Fsp3) is 0.389. The zero-order valence-corrected chi connectivity index (χ0v) is 14.7. The molecule has 1 amide bonds. The zero-order chi connectivity index (χ0) is 17.9. The number of carbonyl (C=O) groups is 1. The highest BCUT2D eigenvalue weighted by molar-refractivity contribution is 6.02. The number of carbonyl (C=O) groups excluding carboxylic acids is 1. The van der Waals surface area contributed by atoms with Gasteiger partial charge in [0, 0.05) is 0 Å². The Morgan fingerprint density at radius 1 is 1.17 bits per heavy atom. The van der Waals surface area contributed by atoms with Crippen molar-refractivity contribution in [2.24, 2.45) is 0 Å². The molecule has 6 heteroatoms. The summed E-state index contributed by atoms with van der Waals surface area (Å²) in [5, 5.41) is 20.1. The molecule has 0 aliphatic heterocycles. The van der Waals surface area contributed by atoms with Gasteiger partial charge < -0.3 is 5.11 Å². The zero-order valence-electron chi connectivity index (χ0n) is 14.7. The van der Waals surface area contributed by atoms with Gasteiger partial charge in [-0.15, -0.1) is 0 Å². The predicted octanol–water partition coefficient (Wildman–Crippen LogP) is 3.57. The third kappa shape index (κ3) is 3.82. The van der Waals surface area contributed by atoms with Gasteiger partial charge in [-0.3, -0.25) is 10.1 Å². The van der Waals surface area contributed by atoms with Crippen LogP contribution in [0.5, 0.6) is 0 Å². The van der Waals surface area contributed by atoms with Gasteiger partial charge in [0.25, 0.3) is 5.91 Å². The molecule has 2 aromatic rings. The summed E-state index contributed by atoms with van der Waals surface area (Å²) in [4.78, 5) is 12.2. The van der Waals surface area contributed by atoms with Crippen LogP contribution in [0.15, 0.2) is 28.1 Å². The Kier molecular flexibility index (Phi) is 5.39. The van der Waals surface area contributed by atoms with E-state index in [9.17, 15) is 9.90 Å². The van der Waals surface area contributed by atoms with E-state index in [0.29, 0.717) is 24.1 Å². The first-order valence-electron chi connectivity index (χ1n) is 7.91. The van der Waals surface area contributed by atoms with Crippen molar-refractivity contribution in [3.63, 3.8) is 0 Å². The molecule has 0 fully saturated rings. The second kappa shape index (κ2) is 7.29. The summed E-state index contributed by atoms with van der Waals surface area (Å²) in [7, 11) is 0. The minimum absolute atomic E-state index is 0.240. The van der Waals surface area contributed by atoms with Gasteiger partial charge in [-0.05, 0) is 73.5 Å². The van der Waals surface area contributed by atoms with E-state index in [2.05, 4.69) is 39.3 Å². The van der Waals surface area contributed by atoms with Crippen LogP contribution in [0.3, 0.4) is 0 Å². The summed E-state index contributed by atoms with van der Waals surface area (Å²) in [6.45, 7) is 9.76. The Labute approximate surface area is 141 Å². The Balaban J connectivity index is 2.18. The van der Waals surface area contributed by atoms with Crippen molar-refractivity contribution in [1.82, 2.24) is 10.3 Å². The molecular weight excluding hydrogens is 306 g/mol. The van der Waals surface area contributed by atoms with Gasteiger partial charge in [0.05, 0.1) is 0 Å².